The number of nitrogens with zero attached hydrogens (tertiary/aromatic N) is 1. The first-order chi connectivity index (χ1) is 29.8. The predicted molar refractivity (Wildman–Crippen MR) is 256 cm³/mol. The summed E-state index contributed by atoms with van der Waals surface area (Å²) in [5.41, 5.74) is 25.3. The van der Waals surface area contributed by atoms with Gasteiger partial charge in [-0.05, 0) is 121 Å². The van der Waals surface area contributed by atoms with Gasteiger partial charge in [-0.1, -0.05) is 193 Å². The van der Waals surface area contributed by atoms with Gasteiger partial charge in [0.25, 0.3) is 0 Å². The maximum Gasteiger partial charge on any atom is 0.0543 e. The van der Waals surface area contributed by atoms with E-state index in [1.165, 1.54) is 132 Å². The molecule has 0 bridgehead atoms. The zero-order valence-electron chi connectivity index (χ0n) is 35.7. The van der Waals surface area contributed by atoms with E-state index in [9.17, 15) is 0 Å². The molecule has 0 heterocycles. The molecule has 1 saturated carbocycles. The zero-order valence-corrected chi connectivity index (χ0v) is 35.7. The molecule has 0 aliphatic heterocycles. The highest BCUT2D eigenvalue weighted by Crippen LogP contribution is 2.60. The minimum atomic E-state index is -0.0885. The Kier molecular flexibility index (Phi) is 7.93. The summed E-state index contributed by atoms with van der Waals surface area (Å²) in [5, 5.41) is 0. The third-order valence-electron chi connectivity index (χ3n) is 15.3. The lowest BCUT2D eigenvalue weighted by atomic mass is 9.68. The highest BCUT2D eigenvalue weighted by Gasteiger charge is 2.45. The Labute approximate surface area is 361 Å². The molecule has 8 aromatic rings. The summed E-state index contributed by atoms with van der Waals surface area (Å²) in [7, 11) is 0. The van der Waals surface area contributed by atoms with Crippen molar-refractivity contribution < 1.29 is 0 Å². The molecule has 4 aliphatic carbocycles. The van der Waals surface area contributed by atoms with Gasteiger partial charge in [-0.2, -0.15) is 0 Å². The molecule has 0 saturated heterocycles. The lowest BCUT2D eigenvalue weighted by Crippen LogP contribution is -2.28. The first-order valence-corrected chi connectivity index (χ1v) is 22.5. The van der Waals surface area contributed by atoms with Gasteiger partial charge in [0.15, 0.2) is 0 Å². The van der Waals surface area contributed by atoms with Gasteiger partial charge in [0, 0.05) is 33.1 Å². The third-order valence-corrected chi connectivity index (χ3v) is 15.3. The normalized spacial score (nSPS) is 16.6. The average Bonchev–Trinajstić information content (AvgIpc) is 3.81. The maximum atomic E-state index is 2.60. The Morgan fingerprint density at radius 1 is 0.344 bits per heavy atom. The molecule has 296 valence electrons. The smallest absolute Gasteiger partial charge is 0.0543 e. The number of anilines is 3. The summed E-state index contributed by atoms with van der Waals surface area (Å²) in [6.45, 7) is 9.50. The zero-order chi connectivity index (χ0) is 41.1. The molecule has 0 unspecified atom stereocenters. The molecule has 1 heteroatoms. The fourth-order valence-corrected chi connectivity index (χ4v) is 12.4. The molecule has 1 nitrogen and oxygen atoms in total. The van der Waals surface area contributed by atoms with Gasteiger partial charge in [-0.3, -0.25) is 0 Å². The van der Waals surface area contributed by atoms with E-state index in [0.717, 1.165) is 5.69 Å². The van der Waals surface area contributed by atoms with Crippen LogP contribution in [-0.2, 0) is 16.2 Å². The Bertz CT molecular complexity index is 3080. The fourth-order valence-electron chi connectivity index (χ4n) is 12.4. The van der Waals surface area contributed by atoms with Crippen LogP contribution in [0.5, 0.6) is 0 Å². The fraction of sp³-hybridized carbons (Fsp3) is 0.200. The SMILES string of the molecule is CC1(C)c2ccccc2-c2cc(-c3cccc(N(c4ccccc4-c4cccc5c4-c4ccccc4C5(C)C)c4cccc5c4-c4ccccc4C54CCCCC4)c3)ccc21. The van der Waals surface area contributed by atoms with E-state index in [0.29, 0.717) is 0 Å². The molecule has 8 aromatic carbocycles. The number of para-hydroxylation sites is 1. The lowest BCUT2D eigenvalue weighted by Gasteiger charge is -2.36. The first-order valence-electron chi connectivity index (χ1n) is 22.5. The molecule has 0 atom stereocenters. The Morgan fingerprint density at radius 3 is 1.66 bits per heavy atom. The van der Waals surface area contributed by atoms with Crippen molar-refractivity contribution in [3.8, 4) is 55.6 Å². The number of benzene rings is 8. The van der Waals surface area contributed by atoms with Gasteiger partial charge in [-0.25, -0.2) is 0 Å². The second-order valence-corrected chi connectivity index (χ2v) is 19.1. The standard InChI is InChI=1S/C60H51N/c1-58(2)48-26-10-6-21-42(48)47-38-40(33-34-50(47)58)39-19-16-20-41(37-39)61(55-32-18-30-53-57(55)46-24-8-12-28-51(46)60(53)35-14-5-15-36-60)54-31-13-9-22-43(54)44-25-17-29-52-56(44)45-23-7-11-27-49(45)59(52,3)4/h6-13,16-34,37-38H,5,14-15,35-36H2,1-4H3. The van der Waals surface area contributed by atoms with Crippen LogP contribution in [0.2, 0.25) is 0 Å². The lowest BCUT2D eigenvalue weighted by molar-refractivity contribution is 0.353. The molecule has 0 aromatic heterocycles. The molecular weight excluding hydrogens is 735 g/mol. The summed E-state index contributed by atoms with van der Waals surface area (Å²) < 4.78 is 0. The van der Waals surface area contributed by atoms with E-state index < -0.39 is 0 Å². The van der Waals surface area contributed by atoms with Crippen LogP contribution < -0.4 is 4.90 Å². The van der Waals surface area contributed by atoms with Crippen LogP contribution in [0.3, 0.4) is 0 Å². The van der Waals surface area contributed by atoms with Crippen LogP contribution in [0, 0.1) is 0 Å². The van der Waals surface area contributed by atoms with Gasteiger partial charge in [0.2, 0.25) is 0 Å². The number of fused-ring (bicyclic) bond motifs is 11. The van der Waals surface area contributed by atoms with E-state index >= 15 is 0 Å². The Morgan fingerprint density at radius 2 is 0.869 bits per heavy atom. The molecule has 1 spiro atoms. The Hall–Kier alpha value is -6.44. The van der Waals surface area contributed by atoms with Gasteiger partial charge in [0.1, 0.15) is 0 Å². The molecule has 61 heavy (non-hydrogen) atoms. The van der Waals surface area contributed by atoms with Crippen molar-refractivity contribution in [3.63, 3.8) is 0 Å². The molecule has 0 amide bonds. The molecule has 0 N–H and O–H groups in total. The predicted octanol–water partition coefficient (Wildman–Crippen LogP) is 16.3. The highest BCUT2D eigenvalue weighted by atomic mass is 15.1. The molecular formula is C60H51N. The number of hydrogen-bond donors (Lipinski definition) is 0. The highest BCUT2D eigenvalue weighted by molar-refractivity contribution is 6.02. The Balaban J connectivity index is 1.10. The summed E-state index contributed by atoms with van der Waals surface area (Å²) in [5.74, 6) is 0. The molecule has 4 aliphatic rings. The number of rotatable bonds is 5. The van der Waals surface area contributed by atoms with E-state index in [4.69, 9.17) is 0 Å². The molecule has 0 radical (unpaired) electrons. The van der Waals surface area contributed by atoms with Crippen LogP contribution in [-0.4, -0.2) is 0 Å². The van der Waals surface area contributed by atoms with E-state index in [1.54, 1.807) is 0 Å². The summed E-state index contributed by atoms with van der Waals surface area (Å²) >= 11 is 0. The summed E-state index contributed by atoms with van der Waals surface area (Å²) in [4.78, 5) is 2.60. The average molecular weight is 786 g/mol. The van der Waals surface area contributed by atoms with Crippen molar-refractivity contribution in [2.45, 2.75) is 76.0 Å². The van der Waals surface area contributed by atoms with Gasteiger partial charge < -0.3 is 4.90 Å². The number of hydrogen-bond acceptors (Lipinski definition) is 1. The van der Waals surface area contributed by atoms with Crippen molar-refractivity contribution >= 4 is 17.1 Å². The quantitative estimate of drug-likeness (QED) is 0.168. The van der Waals surface area contributed by atoms with Crippen LogP contribution in [0.15, 0.2) is 176 Å². The first kappa shape index (κ1) is 36.4. The minimum Gasteiger partial charge on any atom is -0.309 e. The molecule has 12 rings (SSSR count). The van der Waals surface area contributed by atoms with Crippen molar-refractivity contribution in [1.29, 1.82) is 0 Å². The van der Waals surface area contributed by atoms with Gasteiger partial charge >= 0.3 is 0 Å². The molecule has 1 fully saturated rings. The minimum absolute atomic E-state index is 0.0279. The van der Waals surface area contributed by atoms with Gasteiger partial charge in [-0.15, -0.1) is 0 Å². The van der Waals surface area contributed by atoms with Crippen molar-refractivity contribution in [2.24, 2.45) is 0 Å². The summed E-state index contributed by atoms with van der Waals surface area (Å²) in [6, 6.07) is 67.2. The van der Waals surface area contributed by atoms with E-state index in [-0.39, 0.29) is 16.2 Å². The van der Waals surface area contributed by atoms with Crippen LogP contribution in [0.4, 0.5) is 17.1 Å². The summed E-state index contributed by atoms with van der Waals surface area (Å²) in [6.07, 6.45) is 6.27. The van der Waals surface area contributed by atoms with E-state index in [1.807, 2.05) is 0 Å². The van der Waals surface area contributed by atoms with Crippen molar-refractivity contribution in [2.75, 3.05) is 4.90 Å². The van der Waals surface area contributed by atoms with Crippen LogP contribution in [0.1, 0.15) is 93.2 Å². The monoisotopic (exact) mass is 785 g/mol. The van der Waals surface area contributed by atoms with Crippen LogP contribution >= 0.6 is 0 Å². The topological polar surface area (TPSA) is 3.24 Å². The van der Waals surface area contributed by atoms with Gasteiger partial charge in [0.05, 0.1) is 11.4 Å². The maximum absolute atomic E-state index is 2.60. The second-order valence-electron chi connectivity index (χ2n) is 19.1. The largest absolute Gasteiger partial charge is 0.309 e. The van der Waals surface area contributed by atoms with Crippen molar-refractivity contribution in [3.05, 3.63) is 209 Å². The van der Waals surface area contributed by atoms with E-state index in [2.05, 4.69) is 209 Å². The van der Waals surface area contributed by atoms with Crippen LogP contribution in [0.25, 0.3) is 55.6 Å². The third kappa shape index (κ3) is 5.13. The van der Waals surface area contributed by atoms with Crippen molar-refractivity contribution in [1.82, 2.24) is 0 Å². The second kappa shape index (κ2) is 13.3.